The van der Waals surface area contributed by atoms with E-state index in [0.29, 0.717) is 19.6 Å². The number of unbranched alkanes of at least 4 members (excludes halogenated alkanes) is 9. The maximum Gasteiger partial charge on any atom is 0.183 e. The molecule has 1 aliphatic heterocycles. The monoisotopic (exact) mass is 441 g/mol. The lowest BCUT2D eigenvalue weighted by Crippen LogP contribution is -2.57. The van der Waals surface area contributed by atoms with Crippen LogP contribution in [0.4, 0.5) is 0 Å². The highest BCUT2D eigenvalue weighted by Crippen LogP contribution is 2.30. The zero-order valence-corrected chi connectivity index (χ0v) is 20.9. The first-order valence-electron chi connectivity index (χ1n) is 13.3. The summed E-state index contributed by atoms with van der Waals surface area (Å²) in [6, 6.07) is 8.41. The van der Waals surface area contributed by atoms with Crippen molar-refractivity contribution >= 4 is 5.78 Å². The average Bonchev–Trinajstić information content (AvgIpc) is 2.84. The van der Waals surface area contributed by atoms with Crippen molar-refractivity contribution in [1.29, 1.82) is 0 Å². The van der Waals surface area contributed by atoms with E-state index in [0.717, 1.165) is 31.5 Å². The van der Waals surface area contributed by atoms with E-state index >= 15 is 0 Å². The van der Waals surface area contributed by atoms with Crippen LogP contribution in [0.25, 0.3) is 0 Å². The first-order valence-corrected chi connectivity index (χ1v) is 13.3. The number of morpholine rings is 1. The molecule has 1 heterocycles. The van der Waals surface area contributed by atoms with Crippen LogP contribution in [0.2, 0.25) is 0 Å². The van der Waals surface area contributed by atoms with Crippen LogP contribution in [0.3, 0.4) is 0 Å². The summed E-state index contributed by atoms with van der Waals surface area (Å²) in [5.41, 5.74) is 1.68. The first-order chi connectivity index (χ1) is 15.7. The van der Waals surface area contributed by atoms with Crippen molar-refractivity contribution in [2.75, 3.05) is 26.3 Å². The molecule has 1 aromatic rings. The SMILES string of the molecule is C=CCC(CC)(C(=O)c1ccc(CCCCCCCCCCCC)cc1)N1CCOCC1. The molecule has 0 spiro atoms. The van der Waals surface area contributed by atoms with Crippen molar-refractivity contribution in [3.8, 4) is 0 Å². The van der Waals surface area contributed by atoms with Gasteiger partial charge in [-0.05, 0) is 31.2 Å². The summed E-state index contributed by atoms with van der Waals surface area (Å²) < 4.78 is 5.53. The van der Waals surface area contributed by atoms with E-state index in [1.165, 1.54) is 69.8 Å². The third kappa shape index (κ3) is 8.15. The molecule has 0 bridgehead atoms. The molecule has 1 saturated heterocycles. The van der Waals surface area contributed by atoms with Crippen LogP contribution in [0.1, 0.15) is 107 Å². The third-order valence-electron chi connectivity index (χ3n) is 7.14. The van der Waals surface area contributed by atoms with Crippen molar-refractivity contribution in [2.24, 2.45) is 0 Å². The molecule has 1 aromatic carbocycles. The van der Waals surface area contributed by atoms with Gasteiger partial charge in [-0.25, -0.2) is 0 Å². The van der Waals surface area contributed by atoms with E-state index in [2.05, 4.69) is 37.5 Å². The number of nitrogens with zero attached hydrogens (tertiary/aromatic N) is 1. The summed E-state index contributed by atoms with van der Waals surface area (Å²) in [6.45, 7) is 11.4. The van der Waals surface area contributed by atoms with Gasteiger partial charge >= 0.3 is 0 Å². The fourth-order valence-electron chi connectivity index (χ4n) is 5.03. The number of ketones is 1. The van der Waals surface area contributed by atoms with Gasteiger partial charge in [0.05, 0.1) is 18.8 Å². The van der Waals surface area contributed by atoms with Crippen molar-refractivity contribution in [2.45, 2.75) is 103 Å². The van der Waals surface area contributed by atoms with Crippen LogP contribution < -0.4 is 0 Å². The Morgan fingerprint density at radius 1 is 0.938 bits per heavy atom. The molecule has 3 nitrogen and oxygen atoms in total. The Labute approximate surface area is 197 Å². The van der Waals surface area contributed by atoms with Crippen molar-refractivity contribution in [3.05, 3.63) is 48.0 Å². The quantitative estimate of drug-likeness (QED) is 0.143. The lowest BCUT2D eigenvalue weighted by Gasteiger charge is -2.43. The molecule has 1 atom stereocenters. The second kappa shape index (κ2) is 15.4. The van der Waals surface area contributed by atoms with E-state index in [1.54, 1.807) is 0 Å². The molecule has 0 radical (unpaired) electrons. The summed E-state index contributed by atoms with van der Waals surface area (Å²) in [5.74, 6) is 0.229. The molecule has 1 fully saturated rings. The zero-order chi connectivity index (χ0) is 23.1. The van der Waals surface area contributed by atoms with Crippen LogP contribution in [0.5, 0.6) is 0 Å². The number of ether oxygens (including phenoxy) is 1. The summed E-state index contributed by atoms with van der Waals surface area (Å²) >= 11 is 0. The fourth-order valence-corrected chi connectivity index (χ4v) is 5.03. The van der Waals surface area contributed by atoms with E-state index in [9.17, 15) is 4.79 Å². The van der Waals surface area contributed by atoms with Gasteiger partial charge in [0, 0.05) is 18.7 Å². The van der Waals surface area contributed by atoms with Crippen molar-refractivity contribution in [3.63, 3.8) is 0 Å². The molecule has 1 unspecified atom stereocenters. The number of rotatable bonds is 17. The topological polar surface area (TPSA) is 29.5 Å². The molecule has 2 rings (SSSR count). The van der Waals surface area contributed by atoms with E-state index in [-0.39, 0.29) is 5.78 Å². The second-order valence-corrected chi connectivity index (χ2v) is 9.44. The summed E-state index contributed by atoms with van der Waals surface area (Å²) in [4.78, 5) is 15.9. The van der Waals surface area contributed by atoms with Gasteiger partial charge in [-0.3, -0.25) is 9.69 Å². The van der Waals surface area contributed by atoms with Gasteiger partial charge in [0.1, 0.15) is 0 Å². The number of carbonyl (C=O) groups excluding carboxylic acids is 1. The van der Waals surface area contributed by atoms with Gasteiger partial charge in [-0.1, -0.05) is 102 Å². The van der Waals surface area contributed by atoms with Gasteiger partial charge < -0.3 is 4.74 Å². The Morgan fingerprint density at radius 3 is 2.03 bits per heavy atom. The molecule has 0 N–H and O–H groups in total. The maximum atomic E-state index is 13.6. The van der Waals surface area contributed by atoms with Gasteiger partial charge in [0.15, 0.2) is 5.78 Å². The Kier molecular flexibility index (Phi) is 12.9. The van der Waals surface area contributed by atoms with E-state index in [4.69, 9.17) is 4.74 Å². The van der Waals surface area contributed by atoms with Crippen molar-refractivity contribution in [1.82, 2.24) is 4.90 Å². The molecule has 0 aromatic heterocycles. The standard InChI is InChI=1S/C29H47NO2/c1-4-7-8-9-10-11-12-13-14-15-16-26-17-19-27(20-18-26)28(31)29(6-3,21-5-2)30-22-24-32-25-23-30/h5,17-20H,2,4,6-16,21-25H2,1,3H3. The summed E-state index contributed by atoms with van der Waals surface area (Å²) in [6.07, 6.45) is 18.1. The predicted molar refractivity (Wildman–Crippen MR) is 137 cm³/mol. The Bertz CT molecular complexity index is 648. The Balaban J connectivity index is 1.80. The van der Waals surface area contributed by atoms with Gasteiger partial charge in [-0.15, -0.1) is 6.58 Å². The largest absolute Gasteiger partial charge is 0.379 e. The minimum absolute atomic E-state index is 0.229. The highest BCUT2D eigenvalue weighted by Gasteiger charge is 2.42. The Hall–Kier alpha value is -1.45. The highest BCUT2D eigenvalue weighted by atomic mass is 16.5. The van der Waals surface area contributed by atoms with Gasteiger partial charge in [0.2, 0.25) is 0 Å². The van der Waals surface area contributed by atoms with E-state index in [1.807, 2.05) is 18.2 Å². The molecule has 3 heteroatoms. The minimum Gasteiger partial charge on any atom is -0.379 e. The average molecular weight is 442 g/mol. The normalized spacial score (nSPS) is 16.6. The number of benzene rings is 1. The van der Waals surface area contributed by atoms with Crippen LogP contribution in [0.15, 0.2) is 36.9 Å². The number of hydrogen-bond donors (Lipinski definition) is 0. The predicted octanol–water partition coefficient (Wildman–Crippen LogP) is 7.39. The van der Waals surface area contributed by atoms with Gasteiger partial charge in [-0.2, -0.15) is 0 Å². The number of carbonyl (C=O) groups is 1. The summed E-state index contributed by atoms with van der Waals surface area (Å²) in [5, 5.41) is 0. The van der Waals surface area contributed by atoms with Crippen LogP contribution in [-0.4, -0.2) is 42.5 Å². The third-order valence-corrected chi connectivity index (χ3v) is 7.14. The second-order valence-electron chi connectivity index (χ2n) is 9.44. The minimum atomic E-state index is -0.496. The lowest BCUT2D eigenvalue weighted by molar-refractivity contribution is -0.0154. The smallest absolute Gasteiger partial charge is 0.183 e. The van der Waals surface area contributed by atoms with Crippen LogP contribution in [0, 0.1) is 0 Å². The van der Waals surface area contributed by atoms with Crippen LogP contribution >= 0.6 is 0 Å². The zero-order valence-electron chi connectivity index (χ0n) is 20.9. The molecule has 0 saturated carbocycles. The maximum absolute atomic E-state index is 13.6. The molecule has 180 valence electrons. The first kappa shape index (κ1) is 26.8. The number of Topliss-reactive ketones (excluding diaryl/α,β-unsaturated/α-hetero) is 1. The Morgan fingerprint density at radius 2 is 1.50 bits per heavy atom. The van der Waals surface area contributed by atoms with Crippen LogP contribution in [-0.2, 0) is 11.2 Å². The molecule has 32 heavy (non-hydrogen) atoms. The molecule has 0 amide bonds. The lowest BCUT2D eigenvalue weighted by atomic mass is 9.81. The van der Waals surface area contributed by atoms with Crippen molar-refractivity contribution < 1.29 is 9.53 Å². The summed E-state index contributed by atoms with van der Waals surface area (Å²) in [7, 11) is 0. The molecule has 1 aliphatic rings. The molecular formula is C29H47NO2. The van der Waals surface area contributed by atoms with Gasteiger partial charge in [0.25, 0.3) is 0 Å². The van der Waals surface area contributed by atoms with E-state index < -0.39 is 5.54 Å². The number of hydrogen-bond acceptors (Lipinski definition) is 3. The molecular weight excluding hydrogens is 394 g/mol. The number of aryl methyl sites for hydroxylation is 1. The highest BCUT2D eigenvalue weighted by molar-refractivity contribution is 6.03. The molecule has 0 aliphatic carbocycles. The fraction of sp³-hybridized carbons (Fsp3) is 0.690.